The van der Waals surface area contributed by atoms with E-state index in [0.29, 0.717) is 5.41 Å². The van der Waals surface area contributed by atoms with Crippen LogP contribution < -0.4 is 4.74 Å². The molecule has 5 nitrogen and oxygen atoms in total. The normalized spacial score (nSPS) is 20.7. The number of ether oxygens (including phenoxy) is 1. The summed E-state index contributed by atoms with van der Waals surface area (Å²) in [6.07, 6.45) is 9.50. The van der Waals surface area contributed by atoms with Crippen LogP contribution in [0.4, 0.5) is 0 Å². The zero-order valence-corrected chi connectivity index (χ0v) is 19.0. The Kier molecular flexibility index (Phi) is 6.80. The number of fused-ring (bicyclic) bond motifs is 1. The highest BCUT2D eigenvalue weighted by Crippen LogP contribution is 2.41. The number of pyridine rings is 1. The van der Waals surface area contributed by atoms with Crippen LogP contribution in [0.5, 0.6) is 5.75 Å². The maximum absolute atomic E-state index is 11.1. The smallest absolute Gasteiger partial charge is 0.306 e. The van der Waals surface area contributed by atoms with Gasteiger partial charge in [-0.05, 0) is 88.2 Å². The molecule has 5 heteroatoms. The van der Waals surface area contributed by atoms with E-state index >= 15 is 0 Å². The summed E-state index contributed by atoms with van der Waals surface area (Å²) in [6, 6.07) is 10.4. The van der Waals surface area contributed by atoms with E-state index < -0.39 is 5.97 Å². The van der Waals surface area contributed by atoms with E-state index in [-0.39, 0.29) is 12.0 Å². The molecule has 4 rings (SSSR count). The Morgan fingerprint density at radius 2 is 1.97 bits per heavy atom. The maximum atomic E-state index is 11.1. The summed E-state index contributed by atoms with van der Waals surface area (Å²) in [7, 11) is 0. The van der Waals surface area contributed by atoms with Crippen molar-refractivity contribution in [3.05, 3.63) is 36.0 Å². The van der Waals surface area contributed by atoms with Crippen molar-refractivity contribution in [2.75, 3.05) is 13.1 Å². The minimum atomic E-state index is -0.663. The lowest BCUT2D eigenvalue weighted by molar-refractivity contribution is -0.143. The van der Waals surface area contributed by atoms with Crippen LogP contribution in [-0.4, -0.2) is 40.2 Å². The number of piperidine rings is 1. The van der Waals surface area contributed by atoms with Crippen LogP contribution in [0.25, 0.3) is 10.9 Å². The van der Waals surface area contributed by atoms with Gasteiger partial charge in [0.2, 0.25) is 0 Å². The van der Waals surface area contributed by atoms with Gasteiger partial charge in [0.1, 0.15) is 5.75 Å². The van der Waals surface area contributed by atoms with E-state index in [1.165, 1.54) is 32.1 Å². The molecule has 1 aromatic heterocycles. The first kappa shape index (κ1) is 22.1. The molecule has 0 amide bonds. The number of hydrogen-bond acceptors (Lipinski definition) is 4. The number of carboxylic acid groups (broad SMARTS) is 1. The molecule has 0 radical (unpaired) electrons. The van der Waals surface area contributed by atoms with Gasteiger partial charge in [-0.2, -0.15) is 0 Å². The summed E-state index contributed by atoms with van der Waals surface area (Å²) in [5, 5.41) is 10.3. The van der Waals surface area contributed by atoms with Crippen molar-refractivity contribution >= 4 is 16.9 Å². The summed E-state index contributed by atoms with van der Waals surface area (Å²) in [5.41, 5.74) is 2.54. The summed E-state index contributed by atoms with van der Waals surface area (Å²) in [6.45, 7) is 7.02. The summed E-state index contributed by atoms with van der Waals surface area (Å²) in [4.78, 5) is 18.3. The molecule has 1 aliphatic carbocycles. The Balaban J connectivity index is 1.32. The second-order valence-electron chi connectivity index (χ2n) is 10.0. The molecule has 168 valence electrons. The number of aromatic nitrogens is 1. The fourth-order valence-corrected chi connectivity index (χ4v) is 5.20. The number of likely N-dealkylation sites (tertiary alicyclic amines) is 1. The van der Waals surface area contributed by atoms with Crippen LogP contribution in [0.3, 0.4) is 0 Å². The first-order valence-corrected chi connectivity index (χ1v) is 11.9. The van der Waals surface area contributed by atoms with Gasteiger partial charge in [0.05, 0.1) is 23.2 Å². The van der Waals surface area contributed by atoms with Crippen molar-refractivity contribution in [3.8, 4) is 5.75 Å². The molecule has 1 saturated carbocycles. The molecule has 0 bridgehead atoms. The minimum Gasteiger partial charge on any atom is -0.491 e. The Morgan fingerprint density at radius 1 is 1.23 bits per heavy atom. The number of benzene rings is 1. The summed E-state index contributed by atoms with van der Waals surface area (Å²) < 4.78 is 6.22. The zero-order valence-electron chi connectivity index (χ0n) is 19.0. The molecule has 0 spiro atoms. The van der Waals surface area contributed by atoms with Gasteiger partial charge in [0.15, 0.2) is 0 Å². The standard InChI is InChI=1S/C26H36N2O3/c1-19(9-14-26(2)12-3-4-13-26)31-23-7-8-24-21(17-23)5-6-22(27-24)18-28-15-10-20(11-16-28)25(29)30/h5-8,17,19-20H,3-4,9-16,18H2,1-2H3,(H,29,30). The molecule has 1 atom stereocenters. The average molecular weight is 425 g/mol. The van der Waals surface area contributed by atoms with Gasteiger partial charge in [0, 0.05) is 11.9 Å². The molecule has 1 aliphatic heterocycles. The molecular weight excluding hydrogens is 388 g/mol. The number of carbonyl (C=O) groups is 1. The lowest BCUT2D eigenvalue weighted by atomic mass is 9.83. The third-order valence-corrected chi connectivity index (χ3v) is 7.34. The van der Waals surface area contributed by atoms with Crippen LogP contribution in [0, 0.1) is 11.3 Å². The number of carboxylic acids is 1. The van der Waals surface area contributed by atoms with Gasteiger partial charge in [-0.3, -0.25) is 14.7 Å². The van der Waals surface area contributed by atoms with Crippen LogP contribution in [-0.2, 0) is 11.3 Å². The minimum absolute atomic E-state index is 0.192. The van der Waals surface area contributed by atoms with Gasteiger partial charge in [-0.1, -0.05) is 25.8 Å². The monoisotopic (exact) mass is 424 g/mol. The van der Waals surface area contributed by atoms with Gasteiger partial charge >= 0.3 is 5.97 Å². The third kappa shape index (κ3) is 5.76. The highest BCUT2D eigenvalue weighted by molar-refractivity contribution is 5.80. The highest BCUT2D eigenvalue weighted by atomic mass is 16.5. The topological polar surface area (TPSA) is 62.7 Å². The Bertz CT molecular complexity index is 899. The number of rotatable bonds is 8. The largest absolute Gasteiger partial charge is 0.491 e. The molecule has 1 unspecified atom stereocenters. The van der Waals surface area contributed by atoms with Crippen molar-refractivity contribution < 1.29 is 14.6 Å². The second-order valence-corrected chi connectivity index (χ2v) is 10.0. The molecule has 2 heterocycles. The van der Waals surface area contributed by atoms with Crippen molar-refractivity contribution in [1.29, 1.82) is 0 Å². The Labute approximate surface area is 185 Å². The number of aliphatic carboxylic acids is 1. The van der Waals surface area contributed by atoms with E-state index in [1.54, 1.807) is 0 Å². The van der Waals surface area contributed by atoms with E-state index in [9.17, 15) is 4.79 Å². The molecule has 2 fully saturated rings. The van der Waals surface area contributed by atoms with Crippen LogP contribution in [0.1, 0.15) is 70.9 Å². The van der Waals surface area contributed by atoms with Crippen LogP contribution >= 0.6 is 0 Å². The maximum Gasteiger partial charge on any atom is 0.306 e. The molecule has 1 aromatic carbocycles. The SMILES string of the molecule is CC(CCC1(C)CCCC1)Oc1ccc2nc(CN3CCC(C(=O)O)CC3)ccc2c1. The third-order valence-electron chi connectivity index (χ3n) is 7.34. The van der Waals surface area contributed by atoms with E-state index in [4.69, 9.17) is 14.8 Å². The fraction of sp³-hybridized carbons (Fsp3) is 0.615. The van der Waals surface area contributed by atoms with Crippen molar-refractivity contribution in [3.63, 3.8) is 0 Å². The van der Waals surface area contributed by atoms with Gasteiger partial charge in [-0.15, -0.1) is 0 Å². The first-order chi connectivity index (χ1) is 14.9. The van der Waals surface area contributed by atoms with E-state index in [2.05, 4.69) is 43.0 Å². The molecule has 31 heavy (non-hydrogen) atoms. The van der Waals surface area contributed by atoms with Gasteiger partial charge < -0.3 is 9.84 Å². The molecule has 2 aromatic rings. The zero-order chi connectivity index (χ0) is 21.8. The van der Waals surface area contributed by atoms with Crippen molar-refractivity contribution in [2.45, 2.75) is 77.9 Å². The predicted octanol–water partition coefficient (Wildman–Crippen LogP) is 5.66. The number of hydrogen-bond donors (Lipinski definition) is 1. The molecule has 2 aliphatic rings. The molecular formula is C26H36N2O3. The van der Waals surface area contributed by atoms with Crippen molar-refractivity contribution in [2.24, 2.45) is 11.3 Å². The second kappa shape index (κ2) is 9.56. The lowest BCUT2D eigenvalue weighted by Gasteiger charge is -2.29. The quantitative estimate of drug-likeness (QED) is 0.592. The summed E-state index contributed by atoms with van der Waals surface area (Å²) in [5.74, 6) is 0.0630. The predicted molar refractivity (Wildman–Crippen MR) is 123 cm³/mol. The summed E-state index contributed by atoms with van der Waals surface area (Å²) >= 11 is 0. The first-order valence-electron chi connectivity index (χ1n) is 11.9. The number of nitrogens with zero attached hydrogens (tertiary/aromatic N) is 2. The molecule has 1 N–H and O–H groups in total. The fourth-order valence-electron chi connectivity index (χ4n) is 5.20. The lowest BCUT2D eigenvalue weighted by Crippen LogP contribution is -2.36. The average Bonchev–Trinajstić information content (AvgIpc) is 3.20. The van der Waals surface area contributed by atoms with E-state index in [1.807, 2.05) is 6.07 Å². The van der Waals surface area contributed by atoms with Crippen LogP contribution in [0.15, 0.2) is 30.3 Å². The molecule has 1 saturated heterocycles. The van der Waals surface area contributed by atoms with Crippen LogP contribution in [0.2, 0.25) is 0 Å². The van der Waals surface area contributed by atoms with Gasteiger partial charge in [-0.25, -0.2) is 0 Å². The van der Waals surface area contributed by atoms with E-state index in [0.717, 1.165) is 61.2 Å². The highest BCUT2D eigenvalue weighted by Gasteiger charge is 2.29. The van der Waals surface area contributed by atoms with Gasteiger partial charge in [0.25, 0.3) is 0 Å². The Morgan fingerprint density at radius 3 is 2.68 bits per heavy atom. The van der Waals surface area contributed by atoms with Crippen molar-refractivity contribution in [1.82, 2.24) is 9.88 Å². The Hall–Kier alpha value is -2.14.